The van der Waals surface area contributed by atoms with E-state index in [9.17, 15) is 9.90 Å². The minimum absolute atomic E-state index is 0.163. The van der Waals surface area contributed by atoms with Gasteiger partial charge in [0.15, 0.2) is 0 Å². The summed E-state index contributed by atoms with van der Waals surface area (Å²) in [5.74, 6) is 0. The average Bonchev–Trinajstić information content (AvgIpc) is 2.71. The van der Waals surface area contributed by atoms with E-state index >= 15 is 0 Å². The van der Waals surface area contributed by atoms with Crippen molar-refractivity contribution in [2.24, 2.45) is 0 Å². The standard InChI is InChI=1S/C13H22N2O2S/c1-5-10-6-7-11(18-10)8-14-12(16)15(4)9-13(2,3)17/h6-7,17H,5,8-9H2,1-4H3,(H,14,16). The SMILES string of the molecule is CCc1ccc(CNC(=O)N(C)CC(C)(C)O)s1. The van der Waals surface area contributed by atoms with Gasteiger partial charge in [0.05, 0.1) is 18.7 Å². The first-order valence-corrected chi connectivity index (χ1v) is 6.92. The first-order valence-electron chi connectivity index (χ1n) is 6.11. The van der Waals surface area contributed by atoms with Crippen molar-refractivity contribution in [3.8, 4) is 0 Å². The number of nitrogens with zero attached hydrogens (tertiary/aromatic N) is 1. The second kappa shape index (κ2) is 6.20. The third-order valence-electron chi connectivity index (χ3n) is 2.45. The van der Waals surface area contributed by atoms with Crippen LogP contribution in [0.15, 0.2) is 12.1 Å². The highest BCUT2D eigenvalue weighted by Crippen LogP contribution is 2.16. The zero-order chi connectivity index (χ0) is 13.8. The molecule has 0 saturated carbocycles. The zero-order valence-corrected chi connectivity index (χ0v) is 12.3. The van der Waals surface area contributed by atoms with Crippen molar-refractivity contribution in [2.75, 3.05) is 13.6 Å². The number of carbonyl (C=O) groups is 1. The maximum absolute atomic E-state index is 11.8. The summed E-state index contributed by atoms with van der Waals surface area (Å²) in [6, 6.07) is 3.97. The van der Waals surface area contributed by atoms with Crippen LogP contribution in [0.5, 0.6) is 0 Å². The molecule has 1 aromatic heterocycles. The Kier molecular flexibility index (Phi) is 5.16. The van der Waals surface area contributed by atoms with E-state index in [0.29, 0.717) is 13.1 Å². The van der Waals surface area contributed by atoms with Gasteiger partial charge < -0.3 is 15.3 Å². The van der Waals surface area contributed by atoms with Crippen LogP contribution in [0.3, 0.4) is 0 Å². The highest BCUT2D eigenvalue weighted by Gasteiger charge is 2.19. The number of thiophene rings is 1. The van der Waals surface area contributed by atoms with Gasteiger partial charge in [0.2, 0.25) is 0 Å². The normalized spacial score (nSPS) is 11.4. The highest BCUT2D eigenvalue weighted by atomic mass is 32.1. The molecule has 0 spiro atoms. The molecule has 4 nitrogen and oxygen atoms in total. The Labute approximate surface area is 113 Å². The molecule has 1 aromatic rings. The molecule has 5 heteroatoms. The van der Waals surface area contributed by atoms with E-state index in [2.05, 4.69) is 18.3 Å². The third-order valence-corrected chi connectivity index (χ3v) is 3.68. The Balaban J connectivity index is 2.41. The van der Waals surface area contributed by atoms with Gasteiger partial charge in [-0.2, -0.15) is 0 Å². The third kappa shape index (κ3) is 5.06. The maximum Gasteiger partial charge on any atom is 0.317 e. The minimum Gasteiger partial charge on any atom is -0.389 e. The highest BCUT2D eigenvalue weighted by molar-refractivity contribution is 7.11. The maximum atomic E-state index is 11.8. The molecule has 2 N–H and O–H groups in total. The van der Waals surface area contributed by atoms with Gasteiger partial charge in [0.1, 0.15) is 0 Å². The van der Waals surface area contributed by atoms with Crippen LogP contribution in [0.25, 0.3) is 0 Å². The topological polar surface area (TPSA) is 52.6 Å². The lowest BCUT2D eigenvalue weighted by molar-refractivity contribution is 0.0531. The van der Waals surface area contributed by atoms with E-state index in [4.69, 9.17) is 0 Å². The van der Waals surface area contributed by atoms with E-state index in [-0.39, 0.29) is 6.03 Å². The number of hydrogen-bond donors (Lipinski definition) is 2. The van der Waals surface area contributed by atoms with Crippen LogP contribution in [0.4, 0.5) is 4.79 Å². The number of carbonyl (C=O) groups excluding carboxylic acids is 1. The Morgan fingerprint density at radius 3 is 2.56 bits per heavy atom. The van der Waals surface area contributed by atoms with Gasteiger partial charge in [0, 0.05) is 16.8 Å². The van der Waals surface area contributed by atoms with Crippen molar-refractivity contribution in [1.29, 1.82) is 0 Å². The van der Waals surface area contributed by atoms with Crippen LogP contribution in [-0.2, 0) is 13.0 Å². The van der Waals surface area contributed by atoms with E-state index < -0.39 is 5.60 Å². The van der Waals surface area contributed by atoms with Gasteiger partial charge in [-0.05, 0) is 32.4 Å². The van der Waals surface area contributed by atoms with E-state index in [0.717, 1.165) is 11.3 Å². The first kappa shape index (κ1) is 15.0. The number of urea groups is 1. The lowest BCUT2D eigenvalue weighted by atomic mass is 10.1. The van der Waals surface area contributed by atoms with Crippen LogP contribution in [0, 0.1) is 0 Å². The molecule has 2 amide bonds. The van der Waals surface area contributed by atoms with Crippen LogP contribution >= 0.6 is 11.3 Å². The largest absolute Gasteiger partial charge is 0.389 e. The molecule has 18 heavy (non-hydrogen) atoms. The molecular formula is C13H22N2O2S. The predicted molar refractivity (Wildman–Crippen MR) is 74.9 cm³/mol. The van der Waals surface area contributed by atoms with Gasteiger partial charge >= 0.3 is 6.03 Å². The summed E-state index contributed by atoms with van der Waals surface area (Å²) in [6.07, 6.45) is 1.03. The second-order valence-corrected chi connectivity index (χ2v) is 6.30. The summed E-state index contributed by atoms with van der Waals surface area (Å²) < 4.78 is 0. The lowest BCUT2D eigenvalue weighted by Crippen LogP contribution is -2.44. The molecule has 0 radical (unpaired) electrons. The average molecular weight is 270 g/mol. The van der Waals surface area contributed by atoms with Crippen molar-refractivity contribution in [1.82, 2.24) is 10.2 Å². The molecule has 1 rings (SSSR count). The van der Waals surface area contributed by atoms with Gasteiger partial charge in [-0.1, -0.05) is 6.92 Å². The number of rotatable bonds is 5. The molecule has 0 saturated heterocycles. The molecule has 0 bridgehead atoms. The van der Waals surface area contributed by atoms with Crippen molar-refractivity contribution in [3.63, 3.8) is 0 Å². The lowest BCUT2D eigenvalue weighted by Gasteiger charge is -2.25. The van der Waals surface area contributed by atoms with Gasteiger partial charge in [-0.15, -0.1) is 11.3 Å². The summed E-state index contributed by atoms with van der Waals surface area (Å²) in [7, 11) is 1.68. The fraction of sp³-hybridized carbons (Fsp3) is 0.615. The summed E-state index contributed by atoms with van der Waals surface area (Å²) in [4.78, 5) is 15.7. The van der Waals surface area contributed by atoms with Gasteiger partial charge in [0.25, 0.3) is 0 Å². The Hall–Kier alpha value is -1.07. The van der Waals surface area contributed by atoms with Crippen LogP contribution in [-0.4, -0.2) is 35.2 Å². The molecular weight excluding hydrogens is 248 g/mol. The second-order valence-electron chi connectivity index (χ2n) is 5.05. The van der Waals surface area contributed by atoms with Crippen molar-refractivity contribution < 1.29 is 9.90 Å². The zero-order valence-electron chi connectivity index (χ0n) is 11.5. The molecule has 0 aliphatic heterocycles. The van der Waals surface area contributed by atoms with E-state index in [1.165, 1.54) is 9.78 Å². The molecule has 0 aliphatic rings. The van der Waals surface area contributed by atoms with Gasteiger partial charge in [-0.3, -0.25) is 0 Å². The molecule has 0 aliphatic carbocycles. The number of aryl methyl sites for hydroxylation is 1. The fourth-order valence-corrected chi connectivity index (χ4v) is 2.55. The van der Waals surface area contributed by atoms with Crippen molar-refractivity contribution in [2.45, 2.75) is 39.3 Å². The molecule has 0 unspecified atom stereocenters. The van der Waals surface area contributed by atoms with Crippen molar-refractivity contribution >= 4 is 17.4 Å². The number of amides is 2. The van der Waals surface area contributed by atoms with Crippen LogP contribution < -0.4 is 5.32 Å². The smallest absolute Gasteiger partial charge is 0.317 e. The summed E-state index contributed by atoms with van der Waals surface area (Å²) in [5.41, 5.74) is -0.871. The Bertz CT molecular complexity index is 396. The number of hydrogen-bond acceptors (Lipinski definition) is 3. The molecule has 102 valence electrons. The van der Waals surface area contributed by atoms with Crippen molar-refractivity contribution in [3.05, 3.63) is 21.9 Å². The Morgan fingerprint density at radius 1 is 1.44 bits per heavy atom. The Morgan fingerprint density at radius 2 is 2.06 bits per heavy atom. The monoisotopic (exact) mass is 270 g/mol. The minimum atomic E-state index is -0.871. The summed E-state index contributed by atoms with van der Waals surface area (Å²) in [5, 5.41) is 12.5. The molecule has 0 fully saturated rings. The number of likely N-dealkylation sites (N-methyl/N-ethyl adjacent to an activating group) is 1. The first-order chi connectivity index (χ1) is 8.31. The van der Waals surface area contributed by atoms with Gasteiger partial charge in [-0.25, -0.2) is 4.79 Å². The van der Waals surface area contributed by atoms with Crippen LogP contribution in [0.1, 0.15) is 30.5 Å². The fourth-order valence-electron chi connectivity index (χ4n) is 1.66. The number of aliphatic hydroxyl groups is 1. The quantitative estimate of drug-likeness (QED) is 0.862. The molecule has 0 atom stereocenters. The number of nitrogens with one attached hydrogen (secondary N) is 1. The molecule has 0 aromatic carbocycles. The predicted octanol–water partition coefficient (Wildman–Crippen LogP) is 2.22. The summed E-state index contributed by atoms with van der Waals surface area (Å²) >= 11 is 1.72. The molecule has 1 heterocycles. The van der Waals surface area contributed by atoms with E-state index in [1.807, 2.05) is 6.07 Å². The summed E-state index contributed by atoms with van der Waals surface area (Å²) in [6.45, 7) is 6.33. The van der Waals surface area contributed by atoms with Crippen LogP contribution in [0.2, 0.25) is 0 Å². The van der Waals surface area contributed by atoms with E-state index in [1.54, 1.807) is 32.2 Å².